The number of aromatic nitrogens is 2. The molecule has 0 aliphatic carbocycles. The van der Waals surface area contributed by atoms with E-state index in [0.29, 0.717) is 0 Å². The third kappa shape index (κ3) is 3.27. The van der Waals surface area contributed by atoms with Gasteiger partial charge in [0, 0.05) is 18.7 Å². The minimum absolute atomic E-state index is 0.0837. The van der Waals surface area contributed by atoms with Crippen molar-refractivity contribution in [3.63, 3.8) is 0 Å². The molecule has 1 atom stereocenters. The fraction of sp³-hybridized carbons (Fsp3) is 0.381. The summed E-state index contributed by atoms with van der Waals surface area (Å²) in [5.41, 5.74) is 3.07. The molecule has 1 aliphatic rings. The average molecular weight is 335 g/mol. The van der Waals surface area contributed by atoms with Crippen molar-refractivity contribution in [3.8, 4) is 11.4 Å². The molecule has 4 nitrogen and oxygen atoms in total. The molecule has 2 aromatic carbocycles. The predicted molar refractivity (Wildman–Crippen MR) is 101 cm³/mol. The van der Waals surface area contributed by atoms with E-state index < -0.39 is 0 Å². The number of benzene rings is 2. The average Bonchev–Trinajstić information content (AvgIpc) is 3.06. The van der Waals surface area contributed by atoms with Gasteiger partial charge in [0.1, 0.15) is 5.52 Å². The molecule has 0 radical (unpaired) electrons. The molecule has 25 heavy (non-hydrogen) atoms. The van der Waals surface area contributed by atoms with E-state index >= 15 is 0 Å². The summed E-state index contributed by atoms with van der Waals surface area (Å²) in [7, 11) is 0. The molecule has 1 fully saturated rings. The highest BCUT2D eigenvalue weighted by molar-refractivity contribution is 5.80. The number of nitrogens with zero attached hydrogens (tertiary/aromatic N) is 3. The monoisotopic (exact) mass is 335 g/mol. The molecule has 130 valence electrons. The van der Waals surface area contributed by atoms with Crippen LogP contribution in [-0.2, 0) is 0 Å². The molecule has 3 aromatic rings. The van der Waals surface area contributed by atoms with Gasteiger partial charge >= 0.3 is 0 Å². The second kappa shape index (κ2) is 7.28. The van der Waals surface area contributed by atoms with Gasteiger partial charge in [-0.3, -0.25) is 4.90 Å². The van der Waals surface area contributed by atoms with Gasteiger partial charge in [0.25, 0.3) is 0 Å². The number of hydrogen-bond donors (Lipinski definition) is 0. The van der Waals surface area contributed by atoms with Gasteiger partial charge in [-0.2, -0.15) is 4.73 Å². The Kier molecular flexibility index (Phi) is 4.70. The lowest BCUT2D eigenvalue weighted by Crippen LogP contribution is -2.45. The van der Waals surface area contributed by atoms with Crippen LogP contribution in [0.25, 0.3) is 22.4 Å². The van der Waals surface area contributed by atoms with Gasteiger partial charge in [-0.05, 0) is 31.4 Å². The molecule has 0 spiro atoms. The highest BCUT2D eigenvalue weighted by atomic mass is 16.7. The Hall–Kier alpha value is -2.33. The van der Waals surface area contributed by atoms with Crippen LogP contribution in [0.4, 0.5) is 0 Å². The largest absolute Gasteiger partial charge is 0.392 e. The van der Waals surface area contributed by atoms with Crippen LogP contribution < -0.4 is 4.84 Å². The van der Waals surface area contributed by atoms with E-state index in [1.165, 1.54) is 19.3 Å². The van der Waals surface area contributed by atoms with Crippen molar-refractivity contribution in [1.29, 1.82) is 0 Å². The topological polar surface area (TPSA) is 30.3 Å². The van der Waals surface area contributed by atoms with Gasteiger partial charge in [0.2, 0.25) is 0 Å². The summed E-state index contributed by atoms with van der Waals surface area (Å²) in [6.07, 6.45) is 4.89. The molecule has 0 bridgehead atoms. The molecule has 0 N–H and O–H groups in total. The van der Waals surface area contributed by atoms with Crippen LogP contribution in [0.2, 0.25) is 0 Å². The minimum Gasteiger partial charge on any atom is -0.392 e. The van der Waals surface area contributed by atoms with Crippen molar-refractivity contribution in [3.05, 3.63) is 54.6 Å². The normalized spacial score (nSPS) is 16.8. The van der Waals surface area contributed by atoms with Crippen LogP contribution in [0.3, 0.4) is 0 Å². The zero-order chi connectivity index (χ0) is 17.1. The first kappa shape index (κ1) is 16.2. The van der Waals surface area contributed by atoms with Crippen molar-refractivity contribution in [2.24, 2.45) is 0 Å². The predicted octanol–water partition coefficient (Wildman–Crippen LogP) is 4.35. The number of likely N-dealkylation sites (tertiary alicyclic amines) is 1. The lowest BCUT2D eigenvalue weighted by Gasteiger charge is -2.34. The second-order valence-corrected chi connectivity index (χ2v) is 6.65. The van der Waals surface area contributed by atoms with E-state index in [1.54, 1.807) is 0 Å². The fourth-order valence-corrected chi connectivity index (χ4v) is 3.61. The molecule has 1 unspecified atom stereocenters. The quantitative estimate of drug-likeness (QED) is 0.694. The first-order valence-electron chi connectivity index (χ1n) is 9.31. The lowest BCUT2D eigenvalue weighted by molar-refractivity contribution is -0.0691. The van der Waals surface area contributed by atoms with Gasteiger partial charge in [-0.25, -0.2) is 4.98 Å². The summed E-state index contributed by atoms with van der Waals surface area (Å²) < 4.78 is 1.94. The second-order valence-electron chi connectivity index (χ2n) is 6.65. The van der Waals surface area contributed by atoms with Crippen molar-refractivity contribution in [1.82, 2.24) is 14.6 Å². The third-order valence-electron chi connectivity index (χ3n) is 4.93. The summed E-state index contributed by atoms with van der Waals surface area (Å²) in [6.45, 7) is 4.43. The number of rotatable bonds is 5. The first-order chi connectivity index (χ1) is 12.4. The van der Waals surface area contributed by atoms with E-state index in [1.807, 2.05) is 41.1 Å². The van der Waals surface area contributed by atoms with Gasteiger partial charge in [0.05, 0.1) is 5.52 Å². The number of para-hydroxylation sites is 2. The molecule has 4 rings (SSSR count). The van der Waals surface area contributed by atoms with Crippen molar-refractivity contribution < 1.29 is 4.84 Å². The Morgan fingerprint density at radius 1 is 0.960 bits per heavy atom. The maximum Gasteiger partial charge on any atom is 0.178 e. The molecule has 4 heteroatoms. The fourth-order valence-electron chi connectivity index (χ4n) is 3.61. The van der Waals surface area contributed by atoms with Crippen molar-refractivity contribution >= 4 is 11.0 Å². The molecule has 1 aromatic heterocycles. The first-order valence-corrected chi connectivity index (χ1v) is 9.31. The lowest BCUT2D eigenvalue weighted by atomic mass is 10.1. The standard InChI is InChI=1S/C21H25N3O/c1-2-20(23-15-9-4-10-16-23)25-24-19-14-8-7-13-18(19)22-21(24)17-11-5-3-6-12-17/h3,5-8,11-14,20H,2,4,9-10,15-16H2,1H3. The summed E-state index contributed by atoms with van der Waals surface area (Å²) in [5, 5.41) is 0. The van der Waals surface area contributed by atoms with E-state index in [2.05, 4.69) is 30.0 Å². The van der Waals surface area contributed by atoms with Gasteiger partial charge in [-0.1, -0.05) is 55.8 Å². The SMILES string of the molecule is CCC(On1c(-c2ccccc2)nc2ccccc21)N1CCCCC1. The molecule has 0 saturated carbocycles. The smallest absolute Gasteiger partial charge is 0.178 e. The zero-order valence-electron chi connectivity index (χ0n) is 14.8. The van der Waals surface area contributed by atoms with Gasteiger partial charge < -0.3 is 4.84 Å². The number of piperidine rings is 1. The van der Waals surface area contributed by atoms with Crippen molar-refractivity contribution in [2.75, 3.05) is 13.1 Å². The van der Waals surface area contributed by atoms with E-state index in [9.17, 15) is 0 Å². The summed E-state index contributed by atoms with van der Waals surface area (Å²) in [5.74, 6) is 0.872. The number of imidazole rings is 1. The Morgan fingerprint density at radius 3 is 2.44 bits per heavy atom. The van der Waals surface area contributed by atoms with Gasteiger partial charge in [-0.15, -0.1) is 0 Å². The highest BCUT2D eigenvalue weighted by Gasteiger charge is 2.23. The molecule has 1 saturated heterocycles. The summed E-state index contributed by atoms with van der Waals surface area (Å²) in [4.78, 5) is 13.8. The molecular weight excluding hydrogens is 310 g/mol. The minimum atomic E-state index is 0.0837. The van der Waals surface area contributed by atoms with E-state index in [-0.39, 0.29) is 6.23 Å². The third-order valence-corrected chi connectivity index (χ3v) is 4.93. The van der Waals surface area contributed by atoms with Crippen LogP contribution in [0.5, 0.6) is 0 Å². The van der Waals surface area contributed by atoms with Crippen molar-refractivity contribution in [2.45, 2.75) is 38.8 Å². The molecule has 1 aliphatic heterocycles. The van der Waals surface area contributed by atoms with Crippen LogP contribution >= 0.6 is 0 Å². The van der Waals surface area contributed by atoms with Crippen LogP contribution in [0, 0.1) is 0 Å². The Morgan fingerprint density at radius 2 is 1.68 bits per heavy atom. The van der Waals surface area contributed by atoms with Crippen LogP contribution in [0.1, 0.15) is 32.6 Å². The van der Waals surface area contributed by atoms with E-state index in [4.69, 9.17) is 9.82 Å². The Balaban J connectivity index is 1.74. The van der Waals surface area contributed by atoms with Crippen LogP contribution in [0.15, 0.2) is 54.6 Å². The number of fused-ring (bicyclic) bond motifs is 1. The van der Waals surface area contributed by atoms with Gasteiger partial charge in [0.15, 0.2) is 12.1 Å². The number of hydrogen-bond acceptors (Lipinski definition) is 3. The Bertz CT molecular complexity index is 822. The summed E-state index contributed by atoms with van der Waals surface area (Å²) in [6, 6.07) is 18.5. The maximum atomic E-state index is 6.52. The highest BCUT2D eigenvalue weighted by Crippen LogP contribution is 2.25. The summed E-state index contributed by atoms with van der Waals surface area (Å²) >= 11 is 0. The molecule has 2 heterocycles. The molecular formula is C21H25N3O. The Labute approximate surface area is 149 Å². The maximum absolute atomic E-state index is 6.52. The van der Waals surface area contributed by atoms with E-state index in [0.717, 1.165) is 41.9 Å². The zero-order valence-corrected chi connectivity index (χ0v) is 14.8. The molecule has 0 amide bonds. The van der Waals surface area contributed by atoms with Crippen LogP contribution in [-0.4, -0.2) is 33.9 Å².